The van der Waals surface area contributed by atoms with Gasteiger partial charge in [0.15, 0.2) is 0 Å². The zero-order chi connectivity index (χ0) is 23.2. The fraction of sp³-hybridized carbons (Fsp3) is 0.367. The molecule has 1 saturated heterocycles. The van der Waals surface area contributed by atoms with Crippen LogP contribution in [0, 0.1) is 5.92 Å². The third kappa shape index (κ3) is 5.94. The first kappa shape index (κ1) is 22.8. The van der Waals surface area contributed by atoms with E-state index in [0.29, 0.717) is 6.54 Å². The highest BCUT2D eigenvalue weighted by Crippen LogP contribution is 2.21. The number of nitrogens with one attached hydrogen (secondary N) is 1. The molecule has 2 heterocycles. The van der Waals surface area contributed by atoms with Crippen LogP contribution >= 0.6 is 0 Å². The third-order valence-corrected chi connectivity index (χ3v) is 7.28. The highest BCUT2D eigenvalue weighted by Gasteiger charge is 2.24. The van der Waals surface area contributed by atoms with Crippen molar-refractivity contribution in [1.82, 2.24) is 15.1 Å². The number of carbonyl (C=O) groups is 1. The van der Waals surface area contributed by atoms with Crippen molar-refractivity contribution < 1.29 is 4.79 Å². The number of carbonyl (C=O) groups excluding carboxylic acids is 1. The number of likely N-dealkylation sites (tertiary alicyclic amines) is 1. The maximum absolute atomic E-state index is 12.8. The Labute approximate surface area is 203 Å². The van der Waals surface area contributed by atoms with Crippen molar-refractivity contribution in [2.24, 2.45) is 5.92 Å². The average Bonchev–Trinajstić information content (AvgIpc) is 2.88. The van der Waals surface area contributed by atoms with Gasteiger partial charge in [0.05, 0.1) is 0 Å². The molecule has 3 aromatic carbocycles. The zero-order valence-corrected chi connectivity index (χ0v) is 20.0. The van der Waals surface area contributed by atoms with Crippen molar-refractivity contribution >= 4 is 5.91 Å². The Morgan fingerprint density at radius 1 is 0.735 bits per heavy atom. The van der Waals surface area contributed by atoms with Crippen LogP contribution in [0.2, 0.25) is 0 Å². The van der Waals surface area contributed by atoms with Crippen LogP contribution in [0.4, 0.5) is 0 Å². The first-order valence-corrected chi connectivity index (χ1v) is 12.6. The number of amides is 1. The molecule has 3 aromatic rings. The van der Waals surface area contributed by atoms with Crippen LogP contribution in [0.15, 0.2) is 78.9 Å². The molecular formula is C30H35N3O. The second kappa shape index (κ2) is 11.0. The number of fused-ring (bicyclic) bond motifs is 1. The third-order valence-electron chi connectivity index (χ3n) is 7.28. The van der Waals surface area contributed by atoms with E-state index in [-0.39, 0.29) is 11.8 Å². The molecule has 4 nitrogen and oxygen atoms in total. The van der Waals surface area contributed by atoms with Gasteiger partial charge < -0.3 is 5.32 Å². The van der Waals surface area contributed by atoms with E-state index in [2.05, 4.69) is 94.0 Å². The summed E-state index contributed by atoms with van der Waals surface area (Å²) in [5.41, 5.74) is 6.79. The molecule has 1 N–H and O–H groups in total. The van der Waals surface area contributed by atoms with Crippen LogP contribution in [0.25, 0.3) is 0 Å². The molecule has 1 fully saturated rings. The topological polar surface area (TPSA) is 35.6 Å². The minimum atomic E-state index is 0.128. The number of nitrogens with zero attached hydrogens (tertiary/aromatic N) is 2. The highest BCUT2D eigenvalue weighted by atomic mass is 16.1. The Morgan fingerprint density at radius 2 is 1.41 bits per heavy atom. The van der Waals surface area contributed by atoms with Gasteiger partial charge in [-0.1, -0.05) is 78.9 Å². The average molecular weight is 454 g/mol. The molecule has 0 aromatic heterocycles. The maximum Gasteiger partial charge on any atom is 0.223 e. The summed E-state index contributed by atoms with van der Waals surface area (Å²) >= 11 is 0. The molecular weight excluding hydrogens is 418 g/mol. The van der Waals surface area contributed by atoms with E-state index in [1.54, 1.807) is 0 Å². The van der Waals surface area contributed by atoms with E-state index in [1.807, 2.05) is 0 Å². The Bertz CT molecular complexity index is 1090. The smallest absolute Gasteiger partial charge is 0.223 e. The summed E-state index contributed by atoms with van der Waals surface area (Å²) < 4.78 is 0. The molecule has 0 unspecified atom stereocenters. The minimum Gasteiger partial charge on any atom is -0.352 e. The second-order valence-electron chi connectivity index (χ2n) is 9.80. The molecule has 4 heteroatoms. The summed E-state index contributed by atoms with van der Waals surface area (Å²) in [6.45, 7) is 6.63. The molecule has 0 spiro atoms. The second-order valence-corrected chi connectivity index (χ2v) is 9.80. The van der Waals surface area contributed by atoms with Crippen molar-refractivity contribution in [2.75, 3.05) is 19.6 Å². The van der Waals surface area contributed by atoms with Crippen LogP contribution in [0.5, 0.6) is 0 Å². The van der Waals surface area contributed by atoms with Crippen molar-refractivity contribution in [3.63, 3.8) is 0 Å². The summed E-state index contributed by atoms with van der Waals surface area (Å²) in [5, 5.41) is 3.21. The van der Waals surface area contributed by atoms with Crippen molar-refractivity contribution in [3.05, 3.63) is 107 Å². The number of hydrogen-bond acceptors (Lipinski definition) is 3. The van der Waals surface area contributed by atoms with Crippen LogP contribution in [0.1, 0.15) is 40.7 Å². The van der Waals surface area contributed by atoms with Crippen LogP contribution in [0.3, 0.4) is 0 Å². The standard InChI is InChI=1S/C30H35N3O/c34-30(28-14-16-32(17-15-28)21-24-7-2-1-3-8-24)31-20-25-9-6-10-26(19-25)22-33-18-13-27-11-4-5-12-29(27)23-33/h1-12,19,28H,13-18,20-23H2,(H,31,34). The lowest BCUT2D eigenvalue weighted by Gasteiger charge is -2.31. The van der Waals surface area contributed by atoms with E-state index >= 15 is 0 Å². The lowest BCUT2D eigenvalue weighted by Crippen LogP contribution is -2.40. The highest BCUT2D eigenvalue weighted by molar-refractivity contribution is 5.78. The molecule has 5 rings (SSSR count). The summed E-state index contributed by atoms with van der Waals surface area (Å²) in [4.78, 5) is 17.8. The van der Waals surface area contributed by atoms with Gasteiger partial charge in [-0.3, -0.25) is 14.6 Å². The fourth-order valence-corrected chi connectivity index (χ4v) is 5.31. The molecule has 0 bridgehead atoms. The van der Waals surface area contributed by atoms with E-state index < -0.39 is 0 Å². The van der Waals surface area contributed by atoms with Crippen LogP contribution in [-0.2, 0) is 37.4 Å². The normalized spacial score (nSPS) is 17.3. The summed E-state index contributed by atoms with van der Waals surface area (Å²) in [6.07, 6.45) is 3.00. The lowest BCUT2D eigenvalue weighted by atomic mass is 9.95. The first-order valence-electron chi connectivity index (χ1n) is 12.6. The molecule has 1 amide bonds. The van der Waals surface area contributed by atoms with Crippen molar-refractivity contribution in [2.45, 2.75) is 45.4 Å². The molecule has 0 radical (unpaired) electrons. The molecule has 2 aliphatic rings. The quantitative estimate of drug-likeness (QED) is 0.560. The van der Waals surface area contributed by atoms with Gasteiger partial charge in [-0.25, -0.2) is 0 Å². The lowest BCUT2D eigenvalue weighted by molar-refractivity contribution is -0.126. The molecule has 2 aliphatic heterocycles. The number of hydrogen-bond donors (Lipinski definition) is 1. The number of rotatable bonds is 7. The van der Waals surface area contributed by atoms with E-state index in [9.17, 15) is 4.79 Å². The Morgan fingerprint density at radius 3 is 2.24 bits per heavy atom. The van der Waals surface area contributed by atoms with Gasteiger partial charge in [0.2, 0.25) is 5.91 Å². The largest absolute Gasteiger partial charge is 0.352 e. The Kier molecular flexibility index (Phi) is 7.37. The van der Waals surface area contributed by atoms with E-state index in [1.165, 1.54) is 27.8 Å². The predicted octanol–water partition coefficient (Wildman–Crippen LogP) is 4.77. The summed E-state index contributed by atoms with van der Waals surface area (Å²) in [7, 11) is 0. The Hall–Kier alpha value is -2.95. The van der Waals surface area contributed by atoms with Gasteiger partial charge in [-0.2, -0.15) is 0 Å². The van der Waals surface area contributed by atoms with Gasteiger partial charge in [0.25, 0.3) is 0 Å². The summed E-state index contributed by atoms with van der Waals surface area (Å²) in [6, 6.07) is 28.1. The first-order chi connectivity index (χ1) is 16.7. The van der Waals surface area contributed by atoms with E-state index in [0.717, 1.165) is 58.5 Å². The number of benzene rings is 3. The van der Waals surface area contributed by atoms with Crippen LogP contribution in [-0.4, -0.2) is 35.3 Å². The minimum absolute atomic E-state index is 0.128. The van der Waals surface area contributed by atoms with Gasteiger partial charge >= 0.3 is 0 Å². The molecule has 0 aliphatic carbocycles. The van der Waals surface area contributed by atoms with E-state index in [4.69, 9.17) is 0 Å². The SMILES string of the molecule is O=C(NCc1cccc(CN2CCc3ccccc3C2)c1)C1CCN(Cc2ccccc2)CC1. The van der Waals surface area contributed by atoms with Gasteiger partial charge in [-0.15, -0.1) is 0 Å². The molecule has 0 atom stereocenters. The van der Waals surface area contributed by atoms with Crippen molar-refractivity contribution in [3.8, 4) is 0 Å². The maximum atomic E-state index is 12.8. The van der Waals surface area contributed by atoms with Crippen LogP contribution < -0.4 is 5.32 Å². The number of piperidine rings is 1. The van der Waals surface area contributed by atoms with Gasteiger partial charge in [0.1, 0.15) is 0 Å². The Balaban J connectivity index is 1.08. The monoisotopic (exact) mass is 453 g/mol. The zero-order valence-electron chi connectivity index (χ0n) is 20.0. The van der Waals surface area contributed by atoms with Crippen molar-refractivity contribution in [1.29, 1.82) is 0 Å². The fourth-order valence-electron chi connectivity index (χ4n) is 5.31. The van der Waals surface area contributed by atoms with Gasteiger partial charge in [0, 0.05) is 38.6 Å². The predicted molar refractivity (Wildman–Crippen MR) is 137 cm³/mol. The molecule has 176 valence electrons. The molecule has 0 saturated carbocycles. The van der Waals surface area contributed by atoms with Gasteiger partial charge in [-0.05, 0) is 60.2 Å². The molecule has 34 heavy (non-hydrogen) atoms. The summed E-state index contributed by atoms with van der Waals surface area (Å²) in [5.74, 6) is 0.334.